The van der Waals surface area contributed by atoms with Crippen LogP contribution in [0.4, 0.5) is 0 Å². The predicted molar refractivity (Wildman–Crippen MR) is 92.3 cm³/mol. The van der Waals surface area contributed by atoms with E-state index in [-0.39, 0.29) is 12.2 Å². The second-order valence-electron chi connectivity index (χ2n) is 6.61. The van der Waals surface area contributed by atoms with Gasteiger partial charge < -0.3 is 14.6 Å². The number of benzene rings is 2. The average Bonchev–Trinajstić information content (AvgIpc) is 2.64. The van der Waals surface area contributed by atoms with Gasteiger partial charge in [-0.3, -0.25) is 4.90 Å². The van der Waals surface area contributed by atoms with Crippen molar-refractivity contribution >= 4 is 0 Å². The van der Waals surface area contributed by atoms with E-state index in [0.29, 0.717) is 6.61 Å². The molecule has 4 heteroatoms. The van der Waals surface area contributed by atoms with Gasteiger partial charge in [0, 0.05) is 19.6 Å². The maximum Gasteiger partial charge on any atom is 0.162 e. The first kappa shape index (κ1) is 15.5. The summed E-state index contributed by atoms with van der Waals surface area (Å²) in [5, 5.41) is 9.59. The number of ether oxygens (including phenoxy) is 2. The molecule has 2 aromatic carbocycles. The number of aliphatic hydroxyl groups excluding tert-OH is 1. The summed E-state index contributed by atoms with van der Waals surface area (Å²) in [7, 11) is 0. The standard InChI is InChI=1S/C20H23NO3/c22-17-9-11-21(12-10-17)13-15-5-7-16(8-6-15)20-14-23-18-3-1-2-4-19(18)24-20/h1-8,17,20,22H,9-14H2. The summed E-state index contributed by atoms with van der Waals surface area (Å²) >= 11 is 0. The smallest absolute Gasteiger partial charge is 0.162 e. The van der Waals surface area contributed by atoms with Crippen LogP contribution in [0.25, 0.3) is 0 Å². The fourth-order valence-electron chi connectivity index (χ4n) is 3.36. The van der Waals surface area contributed by atoms with Gasteiger partial charge in [0.05, 0.1) is 6.10 Å². The van der Waals surface area contributed by atoms with E-state index < -0.39 is 0 Å². The summed E-state index contributed by atoms with van der Waals surface area (Å²) in [5.74, 6) is 1.63. The van der Waals surface area contributed by atoms with Gasteiger partial charge in [0.25, 0.3) is 0 Å². The summed E-state index contributed by atoms with van der Waals surface area (Å²) in [5.41, 5.74) is 2.44. The predicted octanol–water partition coefficient (Wildman–Crippen LogP) is 3.16. The molecule has 1 fully saturated rings. The molecule has 2 aliphatic heterocycles. The SMILES string of the molecule is OC1CCN(Cc2ccc(C3COc4ccccc4O3)cc2)CC1. The van der Waals surface area contributed by atoms with Crippen LogP contribution in [0.1, 0.15) is 30.1 Å². The second-order valence-corrected chi connectivity index (χ2v) is 6.61. The van der Waals surface area contributed by atoms with Crippen LogP contribution in [0.5, 0.6) is 11.5 Å². The van der Waals surface area contributed by atoms with E-state index in [1.165, 1.54) is 5.56 Å². The third kappa shape index (κ3) is 3.40. The van der Waals surface area contributed by atoms with Crippen LogP contribution in [0, 0.1) is 0 Å². The van der Waals surface area contributed by atoms with E-state index in [1.807, 2.05) is 24.3 Å². The molecule has 2 aromatic rings. The van der Waals surface area contributed by atoms with Crippen LogP contribution < -0.4 is 9.47 Å². The number of hydrogen-bond donors (Lipinski definition) is 1. The molecule has 2 heterocycles. The monoisotopic (exact) mass is 325 g/mol. The van der Waals surface area contributed by atoms with Crippen LogP contribution in [-0.2, 0) is 6.54 Å². The Morgan fingerprint density at radius 1 is 0.958 bits per heavy atom. The van der Waals surface area contributed by atoms with Crippen molar-refractivity contribution in [1.82, 2.24) is 4.90 Å². The van der Waals surface area contributed by atoms with Crippen molar-refractivity contribution in [2.75, 3.05) is 19.7 Å². The second kappa shape index (κ2) is 6.83. The number of aliphatic hydroxyl groups is 1. The Bertz CT molecular complexity index is 678. The number of likely N-dealkylation sites (tertiary alicyclic amines) is 1. The Labute approximate surface area is 142 Å². The lowest BCUT2D eigenvalue weighted by Gasteiger charge is -2.29. The van der Waals surface area contributed by atoms with Crippen LogP contribution in [0.2, 0.25) is 0 Å². The fourth-order valence-corrected chi connectivity index (χ4v) is 3.36. The number of piperidine rings is 1. The number of nitrogens with zero attached hydrogens (tertiary/aromatic N) is 1. The van der Waals surface area contributed by atoms with Crippen molar-refractivity contribution in [3.8, 4) is 11.5 Å². The quantitative estimate of drug-likeness (QED) is 0.941. The molecule has 1 unspecified atom stereocenters. The Morgan fingerprint density at radius 2 is 1.67 bits per heavy atom. The van der Waals surface area contributed by atoms with E-state index >= 15 is 0 Å². The van der Waals surface area contributed by atoms with Gasteiger partial charge in [-0.15, -0.1) is 0 Å². The van der Waals surface area contributed by atoms with Gasteiger partial charge in [0.15, 0.2) is 17.6 Å². The Balaban J connectivity index is 1.39. The molecule has 1 atom stereocenters. The molecule has 0 aromatic heterocycles. The third-order valence-electron chi connectivity index (χ3n) is 4.82. The minimum Gasteiger partial charge on any atom is -0.485 e. The zero-order valence-electron chi connectivity index (χ0n) is 13.7. The lowest BCUT2D eigenvalue weighted by Crippen LogP contribution is -2.35. The molecule has 1 saturated heterocycles. The molecule has 4 nitrogen and oxygen atoms in total. The van der Waals surface area contributed by atoms with Gasteiger partial charge in [-0.2, -0.15) is 0 Å². The largest absolute Gasteiger partial charge is 0.485 e. The highest BCUT2D eigenvalue weighted by Crippen LogP contribution is 2.35. The highest BCUT2D eigenvalue weighted by atomic mass is 16.6. The third-order valence-corrected chi connectivity index (χ3v) is 4.82. The van der Waals surface area contributed by atoms with Gasteiger partial charge in [-0.1, -0.05) is 36.4 Å². The maximum atomic E-state index is 9.59. The molecule has 0 amide bonds. The zero-order chi connectivity index (χ0) is 16.4. The van der Waals surface area contributed by atoms with Crippen LogP contribution in [0.3, 0.4) is 0 Å². The van der Waals surface area contributed by atoms with Crippen LogP contribution in [0.15, 0.2) is 48.5 Å². The van der Waals surface area contributed by atoms with Crippen molar-refractivity contribution < 1.29 is 14.6 Å². The van der Waals surface area contributed by atoms with E-state index in [2.05, 4.69) is 29.2 Å². The Hall–Kier alpha value is -2.04. The zero-order valence-corrected chi connectivity index (χ0v) is 13.7. The highest BCUT2D eigenvalue weighted by molar-refractivity contribution is 5.41. The summed E-state index contributed by atoms with van der Waals surface area (Å²) < 4.78 is 11.9. The summed E-state index contributed by atoms with van der Waals surface area (Å²) in [6.45, 7) is 3.43. The fraction of sp³-hybridized carbons (Fsp3) is 0.400. The summed E-state index contributed by atoms with van der Waals surface area (Å²) in [4.78, 5) is 2.40. The van der Waals surface area contributed by atoms with Crippen molar-refractivity contribution in [3.05, 3.63) is 59.7 Å². The first-order valence-corrected chi connectivity index (χ1v) is 8.66. The van der Waals surface area contributed by atoms with Gasteiger partial charge in [0.1, 0.15) is 6.61 Å². The number of para-hydroxylation sites is 2. The minimum atomic E-state index is -0.116. The molecule has 0 aliphatic carbocycles. The summed E-state index contributed by atoms with van der Waals surface area (Å²) in [6, 6.07) is 16.4. The highest BCUT2D eigenvalue weighted by Gasteiger charge is 2.22. The maximum absolute atomic E-state index is 9.59. The lowest BCUT2D eigenvalue weighted by atomic mass is 10.0. The summed E-state index contributed by atoms with van der Waals surface area (Å²) in [6.07, 6.45) is 1.59. The molecule has 0 spiro atoms. The van der Waals surface area contributed by atoms with E-state index in [4.69, 9.17) is 9.47 Å². The molecule has 0 bridgehead atoms. The minimum absolute atomic E-state index is 0.0564. The normalized spacial score (nSPS) is 21.6. The Morgan fingerprint density at radius 3 is 2.42 bits per heavy atom. The molecule has 126 valence electrons. The van der Waals surface area contributed by atoms with Gasteiger partial charge in [-0.25, -0.2) is 0 Å². The topological polar surface area (TPSA) is 41.9 Å². The molecule has 1 N–H and O–H groups in total. The first-order chi connectivity index (χ1) is 11.8. The molecule has 0 radical (unpaired) electrons. The number of rotatable bonds is 3. The first-order valence-electron chi connectivity index (χ1n) is 8.66. The van der Waals surface area contributed by atoms with E-state index in [9.17, 15) is 5.11 Å². The molecular formula is C20H23NO3. The van der Waals surface area contributed by atoms with E-state index in [0.717, 1.165) is 49.5 Å². The lowest BCUT2D eigenvalue weighted by molar-refractivity contribution is 0.0791. The van der Waals surface area contributed by atoms with Crippen LogP contribution in [-0.4, -0.2) is 35.8 Å². The molecule has 0 saturated carbocycles. The average molecular weight is 325 g/mol. The van der Waals surface area contributed by atoms with Crippen molar-refractivity contribution in [2.24, 2.45) is 0 Å². The van der Waals surface area contributed by atoms with Crippen molar-refractivity contribution in [2.45, 2.75) is 31.6 Å². The van der Waals surface area contributed by atoms with Gasteiger partial charge in [0.2, 0.25) is 0 Å². The molecule has 24 heavy (non-hydrogen) atoms. The molecular weight excluding hydrogens is 302 g/mol. The van der Waals surface area contributed by atoms with Crippen LogP contribution >= 0.6 is 0 Å². The van der Waals surface area contributed by atoms with E-state index in [1.54, 1.807) is 0 Å². The van der Waals surface area contributed by atoms with Crippen molar-refractivity contribution in [1.29, 1.82) is 0 Å². The van der Waals surface area contributed by atoms with Gasteiger partial charge in [-0.05, 0) is 36.1 Å². The number of hydrogen-bond acceptors (Lipinski definition) is 4. The molecule has 4 rings (SSSR count). The molecule has 2 aliphatic rings. The Kier molecular flexibility index (Phi) is 4.41. The van der Waals surface area contributed by atoms with Gasteiger partial charge >= 0.3 is 0 Å². The van der Waals surface area contributed by atoms with Crippen molar-refractivity contribution in [3.63, 3.8) is 0 Å². The number of fused-ring (bicyclic) bond motifs is 1.